The molecule has 4 rings (SSSR count). The highest BCUT2D eigenvalue weighted by atomic mass is 16.6. The molecule has 2 unspecified atom stereocenters. The summed E-state index contributed by atoms with van der Waals surface area (Å²) in [6.45, 7) is 4.40. The maximum Gasteiger partial charge on any atom is 0.162 e. The van der Waals surface area contributed by atoms with Crippen LogP contribution >= 0.6 is 0 Å². The van der Waals surface area contributed by atoms with Gasteiger partial charge in [-0.25, -0.2) is 0 Å². The van der Waals surface area contributed by atoms with Gasteiger partial charge in [0.1, 0.15) is 0 Å². The largest absolute Gasteiger partial charge is 0.398 e. The Bertz CT molecular complexity index is 895. The lowest BCUT2D eigenvalue weighted by Crippen LogP contribution is -2.12. The van der Waals surface area contributed by atoms with Gasteiger partial charge in [0, 0.05) is 35.3 Å². The predicted octanol–water partition coefficient (Wildman–Crippen LogP) is 2.81. The van der Waals surface area contributed by atoms with Crippen LogP contribution in [0.25, 0.3) is 11.1 Å². The topological polar surface area (TPSA) is 111 Å². The fourth-order valence-electron chi connectivity index (χ4n) is 3.92. The molecule has 0 aliphatic carbocycles. The number of nitrogen functional groups attached to an aromatic ring is 2. The van der Waals surface area contributed by atoms with Gasteiger partial charge >= 0.3 is 0 Å². The molecule has 2 aromatic carbocycles. The van der Waals surface area contributed by atoms with Crippen molar-refractivity contribution >= 4 is 22.9 Å². The Morgan fingerprint density at radius 3 is 1.46 bits per heavy atom. The molecule has 2 aromatic rings. The second-order valence-electron chi connectivity index (χ2n) is 7.54. The molecule has 0 aromatic heterocycles. The maximum absolute atomic E-state index is 12.4. The van der Waals surface area contributed by atoms with Crippen LogP contribution in [0.3, 0.4) is 0 Å². The molecular weight excluding hydrogens is 356 g/mol. The Kier molecular flexibility index (Phi) is 4.69. The third-order valence-corrected chi connectivity index (χ3v) is 5.35. The highest BCUT2D eigenvalue weighted by Crippen LogP contribution is 2.38. The van der Waals surface area contributed by atoms with Gasteiger partial charge in [-0.3, -0.25) is 9.59 Å². The van der Waals surface area contributed by atoms with Crippen LogP contribution in [0.15, 0.2) is 24.3 Å². The third-order valence-electron chi connectivity index (χ3n) is 5.35. The van der Waals surface area contributed by atoms with Crippen molar-refractivity contribution in [2.24, 2.45) is 0 Å². The fourth-order valence-corrected chi connectivity index (χ4v) is 3.92. The highest BCUT2D eigenvalue weighted by molar-refractivity contribution is 6.05. The van der Waals surface area contributed by atoms with Crippen LogP contribution in [-0.2, 0) is 22.3 Å². The first-order valence-corrected chi connectivity index (χ1v) is 9.45. The van der Waals surface area contributed by atoms with E-state index in [1.54, 1.807) is 12.1 Å². The first-order chi connectivity index (χ1) is 13.4. The maximum atomic E-state index is 12.4. The number of carbonyl (C=O) groups excluding carboxylic acids is 2. The van der Waals surface area contributed by atoms with Crippen LogP contribution in [0.1, 0.15) is 45.7 Å². The van der Waals surface area contributed by atoms with Crippen molar-refractivity contribution in [1.82, 2.24) is 0 Å². The van der Waals surface area contributed by atoms with Crippen LogP contribution in [0.2, 0.25) is 0 Å². The lowest BCUT2D eigenvalue weighted by atomic mass is 9.84. The lowest BCUT2D eigenvalue weighted by molar-refractivity contribution is 0.100. The molecule has 0 bridgehead atoms. The summed E-state index contributed by atoms with van der Waals surface area (Å²) in [6.07, 6.45) is 1.40. The molecule has 0 spiro atoms. The van der Waals surface area contributed by atoms with Crippen molar-refractivity contribution in [2.75, 3.05) is 24.7 Å². The number of benzene rings is 2. The number of Topliss-reactive ketones (excluding diaryl/α,β-unsaturated/α-hetero) is 2. The Balaban J connectivity index is 1.95. The molecule has 2 fully saturated rings. The molecule has 6 heteroatoms. The number of hydrogen-bond acceptors (Lipinski definition) is 6. The molecule has 2 aliphatic rings. The van der Waals surface area contributed by atoms with E-state index in [-0.39, 0.29) is 23.8 Å². The van der Waals surface area contributed by atoms with Crippen LogP contribution in [-0.4, -0.2) is 37.0 Å². The van der Waals surface area contributed by atoms with Crippen LogP contribution in [0, 0.1) is 0 Å². The van der Waals surface area contributed by atoms with Crippen molar-refractivity contribution in [3.63, 3.8) is 0 Å². The second-order valence-corrected chi connectivity index (χ2v) is 7.54. The average Bonchev–Trinajstić information content (AvgIpc) is 3.52. The molecule has 0 saturated carbocycles. The summed E-state index contributed by atoms with van der Waals surface area (Å²) in [6, 6.07) is 7.35. The van der Waals surface area contributed by atoms with E-state index in [4.69, 9.17) is 20.9 Å². The van der Waals surface area contributed by atoms with Crippen molar-refractivity contribution in [1.29, 1.82) is 0 Å². The molecule has 6 nitrogen and oxygen atoms in total. The van der Waals surface area contributed by atoms with Crippen LogP contribution in [0.5, 0.6) is 0 Å². The van der Waals surface area contributed by atoms with Crippen LogP contribution in [0.4, 0.5) is 11.4 Å². The van der Waals surface area contributed by atoms with E-state index in [1.165, 1.54) is 13.8 Å². The number of ether oxygens (including phenoxy) is 2. The standard InChI is InChI=1S/C22H24N2O4/c1-11(25)21-17(7-13-9-27-13)15(3-5-19(21)23)16-4-6-20(24)22(12(2)26)18(16)8-14-10-28-14/h3-6,13-14H,7-10,23-24H2,1-2H3. The van der Waals surface area contributed by atoms with Gasteiger partial charge in [-0.05, 0) is 48.2 Å². The van der Waals surface area contributed by atoms with E-state index in [9.17, 15) is 9.59 Å². The molecule has 2 atom stereocenters. The fraction of sp³-hybridized carbons (Fsp3) is 0.364. The number of nitrogens with two attached hydrogens (primary N) is 2. The minimum absolute atomic E-state index is 0.0793. The van der Waals surface area contributed by atoms with Gasteiger partial charge in [0.2, 0.25) is 0 Å². The highest BCUT2D eigenvalue weighted by Gasteiger charge is 2.31. The third kappa shape index (κ3) is 3.53. The molecule has 4 N–H and O–H groups in total. The van der Waals surface area contributed by atoms with Gasteiger partial charge in [-0.15, -0.1) is 0 Å². The lowest BCUT2D eigenvalue weighted by Gasteiger charge is -2.20. The van der Waals surface area contributed by atoms with Gasteiger partial charge in [0.25, 0.3) is 0 Å². The minimum Gasteiger partial charge on any atom is -0.398 e. The molecule has 28 heavy (non-hydrogen) atoms. The van der Waals surface area contributed by atoms with Gasteiger partial charge in [-0.1, -0.05) is 12.1 Å². The van der Waals surface area contributed by atoms with Gasteiger partial charge < -0.3 is 20.9 Å². The zero-order valence-corrected chi connectivity index (χ0v) is 16.1. The monoisotopic (exact) mass is 380 g/mol. The predicted molar refractivity (Wildman–Crippen MR) is 108 cm³/mol. The average molecular weight is 380 g/mol. The second kappa shape index (κ2) is 7.04. The van der Waals surface area contributed by atoms with Crippen molar-refractivity contribution < 1.29 is 19.1 Å². The van der Waals surface area contributed by atoms with Gasteiger partial charge in [0.15, 0.2) is 11.6 Å². The number of carbonyl (C=O) groups is 2. The number of rotatable bonds is 7. The van der Waals surface area contributed by atoms with Crippen molar-refractivity contribution in [3.05, 3.63) is 46.5 Å². The van der Waals surface area contributed by atoms with E-state index in [0.29, 0.717) is 48.6 Å². The summed E-state index contributed by atoms with van der Waals surface area (Å²) in [5.74, 6) is -0.159. The number of ketones is 2. The molecule has 2 heterocycles. The summed E-state index contributed by atoms with van der Waals surface area (Å²) in [5, 5.41) is 0. The number of epoxide rings is 2. The first kappa shape index (κ1) is 18.7. The SMILES string of the molecule is CC(=O)c1c(N)ccc(-c2ccc(N)c(C(C)=O)c2CC2CO2)c1CC1CO1. The van der Waals surface area contributed by atoms with E-state index in [1.807, 2.05) is 12.1 Å². The first-order valence-electron chi connectivity index (χ1n) is 9.45. The Hall–Kier alpha value is -2.70. The molecular formula is C22H24N2O4. The summed E-state index contributed by atoms with van der Waals surface area (Å²) < 4.78 is 10.8. The Labute approximate surface area is 163 Å². The summed E-state index contributed by atoms with van der Waals surface area (Å²) >= 11 is 0. The van der Waals surface area contributed by atoms with Crippen molar-refractivity contribution in [3.8, 4) is 11.1 Å². The quantitative estimate of drug-likeness (QED) is 0.434. The molecule has 0 amide bonds. The van der Waals surface area contributed by atoms with E-state index in [2.05, 4.69) is 0 Å². The van der Waals surface area contributed by atoms with E-state index in [0.717, 1.165) is 22.3 Å². The van der Waals surface area contributed by atoms with Gasteiger partial charge in [0.05, 0.1) is 25.4 Å². The van der Waals surface area contributed by atoms with Crippen LogP contribution < -0.4 is 11.5 Å². The zero-order valence-electron chi connectivity index (χ0n) is 16.1. The Morgan fingerprint density at radius 1 is 0.821 bits per heavy atom. The van der Waals surface area contributed by atoms with E-state index >= 15 is 0 Å². The molecule has 2 aliphatic heterocycles. The summed E-state index contributed by atoms with van der Waals surface area (Å²) in [5.41, 5.74) is 17.8. The Morgan fingerprint density at radius 2 is 1.18 bits per heavy atom. The number of anilines is 2. The summed E-state index contributed by atoms with van der Waals surface area (Å²) in [4.78, 5) is 24.7. The van der Waals surface area contributed by atoms with Gasteiger partial charge in [-0.2, -0.15) is 0 Å². The molecule has 146 valence electrons. The normalized spacial score (nSPS) is 20.1. The van der Waals surface area contributed by atoms with E-state index < -0.39 is 0 Å². The smallest absolute Gasteiger partial charge is 0.162 e. The number of hydrogen-bond donors (Lipinski definition) is 2. The van der Waals surface area contributed by atoms with Crippen molar-refractivity contribution in [2.45, 2.75) is 38.9 Å². The molecule has 0 radical (unpaired) electrons. The zero-order chi connectivity index (χ0) is 20.0. The molecule has 2 saturated heterocycles. The minimum atomic E-state index is -0.0793. The summed E-state index contributed by atoms with van der Waals surface area (Å²) in [7, 11) is 0.